The summed E-state index contributed by atoms with van der Waals surface area (Å²) in [7, 11) is 0. The molecule has 46 valence electrons. The van der Waals surface area contributed by atoms with Gasteiger partial charge in [0.2, 0.25) is 0 Å². The summed E-state index contributed by atoms with van der Waals surface area (Å²) in [6, 6.07) is 0. The van der Waals surface area contributed by atoms with Crippen LogP contribution in [0.15, 0.2) is 23.5 Å². The fraction of sp³-hybridized carbons (Fsp3) is 0.429. The van der Waals surface area contributed by atoms with Crippen LogP contribution >= 0.6 is 0 Å². The van der Waals surface area contributed by atoms with Gasteiger partial charge in [-0.25, -0.2) is 0 Å². The molecule has 0 saturated carbocycles. The third kappa shape index (κ3) is 3.47. The maximum atomic E-state index is 8.38. The zero-order valence-corrected chi connectivity index (χ0v) is 5.60. The van der Waals surface area contributed by atoms with E-state index < -0.39 is 0 Å². The molecular formula is C7H12O. The molecule has 0 aliphatic carbocycles. The van der Waals surface area contributed by atoms with E-state index in [1.165, 1.54) is 5.57 Å². The predicted molar refractivity (Wildman–Crippen MR) is 35.8 cm³/mol. The number of allylic oxidation sites excluding steroid dienone is 3. The van der Waals surface area contributed by atoms with Gasteiger partial charge in [0.05, 0.1) is 6.26 Å². The van der Waals surface area contributed by atoms with Crippen LogP contribution in [-0.4, -0.2) is 5.11 Å². The van der Waals surface area contributed by atoms with Crippen LogP contribution in [0.1, 0.15) is 20.8 Å². The predicted octanol–water partition coefficient (Wildman–Crippen LogP) is 2.41. The highest BCUT2D eigenvalue weighted by Crippen LogP contribution is 1.97. The third-order valence-electron chi connectivity index (χ3n) is 0.720. The minimum absolute atomic E-state index is 0.894. The summed E-state index contributed by atoms with van der Waals surface area (Å²) < 4.78 is 0. The van der Waals surface area contributed by atoms with Crippen LogP contribution in [0.2, 0.25) is 0 Å². The molecule has 0 aliphatic heterocycles. The highest BCUT2D eigenvalue weighted by Gasteiger charge is 1.78. The third-order valence-corrected chi connectivity index (χ3v) is 0.720. The molecule has 0 atom stereocenters. The minimum Gasteiger partial charge on any atom is -0.515 e. The van der Waals surface area contributed by atoms with E-state index in [1.807, 2.05) is 26.8 Å². The van der Waals surface area contributed by atoms with Crippen LogP contribution in [0.4, 0.5) is 0 Å². The van der Waals surface area contributed by atoms with E-state index in [1.54, 1.807) is 0 Å². The molecule has 0 aliphatic rings. The van der Waals surface area contributed by atoms with Gasteiger partial charge in [-0.1, -0.05) is 11.6 Å². The summed E-state index contributed by atoms with van der Waals surface area (Å²) in [5.74, 6) is 0. The molecule has 0 rings (SSSR count). The molecule has 0 unspecified atom stereocenters. The Kier molecular flexibility index (Phi) is 3.01. The van der Waals surface area contributed by atoms with Crippen LogP contribution in [0.25, 0.3) is 0 Å². The molecule has 0 aromatic heterocycles. The molecule has 1 N–H and O–H groups in total. The van der Waals surface area contributed by atoms with Gasteiger partial charge < -0.3 is 5.11 Å². The maximum Gasteiger partial charge on any atom is 0.0820 e. The molecule has 0 saturated heterocycles. The Morgan fingerprint density at radius 1 is 1.25 bits per heavy atom. The zero-order valence-electron chi connectivity index (χ0n) is 5.60. The van der Waals surface area contributed by atoms with Crippen molar-refractivity contribution >= 4 is 0 Å². The van der Waals surface area contributed by atoms with E-state index in [4.69, 9.17) is 5.11 Å². The van der Waals surface area contributed by atoms with Gasteiger partial charge in [-0.15, -0.1) is 0 Å². The second kappa shape index (κ2) is 3.30. The van der Waals surface area contributed by atoms with Crippen molar-refractivity contribution < 1.29 is 5.11 Å². The topological polar surface area (TPSA) is 20.2 Å². The average Bonchev–Trinajstić information content (AvgIpc) is 1.65. The quantitative estimate of drug-likeness (QED) is 0.408. The van der Waals surface area contributed by atoms with Crippen LogP contribution in [0, 0.1) is 0 Å². The number of aliphatic hydroxyl groups is 1. The molecule has 0 heterocycles. The largest absolute Gasteiger partial charge is 0.515 e. The van der Waals surface area contributed by atoms with Crippen LogP contribution in [0.3, 0.4) is 0 Å². The number of hydrogen-bond acceptors (Lipinski definition) is 1. The van der Waals surface area contributed by atoms with Crippen molar-refractivity contribution in [3.63, 3.8) is 0 Å². The van der Waals surface area contributed by atoms with Crippen molar-refractivity contribution in [2.45, 2.75) is 20.8 Å². The smallest absolute Gasteiger partial charge is 0.0820 e. The van der Waals surface area contributed by atoms with Gasteiger partial charge in [0.25, 0.3) is 0 Å². The second-order valence-corrected chi connectivity index (χ2v) is 2.09. The summed E-state index contributed by atoms with van der Waals surface area (Å²) in [5.41, 5.74) is 2.10. The van der Waals surface area contributed by atoms with Crippen molar-refractivity contribution in [1.29, 1.82) is 0 Å². The van der Waals surface area contributed by atoms with Crippen LogP contribution in [0.5, 0.6) is 0 Å². The Labute approximate surface area is 50.3 Å². The summed E-state index contributed by atoms with van der Waals surface area (Å²) in [4.78, 5) is 0. The fourth-order valence-electron chi connectivity index (χ4n) is 0.493. The van der Waals surface area contributed by atoms with Crippen molar-refractivity contribution in [2.24, 2.45) is 0 Å². The molecule has 0 bridgehead atoms. The first-order valence-corrected chi connectivity index (χ1v) is 2.62. The van der Waals surface area contributed by atoms with Gasteiger partial charge in [0, 0.05) is 0 Å². The first-order valence-electron chi connectivity index (χ1n) is 2.62. The molecule has 0 fully saturated rings. The lowest BCUT2D eigenvalue weighted by molar-refractivity contribution is 0.469. The Bertz CT molecular complexity index is 116. The standard InChI is InChI=1S/C7H12O/c1-6(2)4-7(3)5-8/h4-5,8H,1-3H3/b7-5+. The molecule has 0 amide bonds. The summed E-state index contributed by atoms with van der Waals surface area (Å²) in [6.07, 6.45) is 3.02. The number of hydrogen-bond donors (Lipinski definition) is 1. The van der Waals surface area contributed by atoms with E-state index in [0.29, 0.717) is 0 Å². The molecular weight excluding hydrogens is 100 g/mol. The first-order chi connectivity index (χ1) is 3.66. The first kappa shape index (κ1) is 7.28. The van der Waals surface area contributed by atoms with E-state index in [9.17, 15) is 0 Å². The molecule has 0 radical (unpaired) electrons. The highest BCUT2D eigenvalue weighted by atomic mass is 16.2. The molecule has 0 spiro atoms. The summed E-state index contributed by atoms with van der Waals surface area (Å²) in [6.45, 7) is 5.84. The summed E-state index contributed by atoms with van der Waals surface area (Å²) in [5, 5.41) is 8.38. The molecule has 1 nitrogen and oxygen atoms in total. The molecule has 1 heteroatoms. The van der Waals surface area contributed by atoms with E-state index in [-0.39, 0.29) is 0 Å². The monoisotopic (exact) mass is 112 g/mol. The van der Waals surface area contributed by atoms with Gasteiger partial charge in [0.15, 0.2) is 0 Å². The van der Waals surface area contributed by atoms with Gasteiger partial charge in [-0.2, -0.15) is 0 Å². The van der Waals surface area contributed by atoms with Gasteiger partial charge >= 0.3 is 0 Å². The minimum atomic E-state index is 0.894. The Morgan fingerprint density at radius 3 is 1.88 bits per heavy atom. The lowest BCUT2D eigenvalue weighted by Gasteiger charge is -1.87. The Morgan fingerprint density at radius 2 is 1.75 bits per heavy atom. The fourth-order valence-corrected chi connectivity index (χ4v) is 0.493. The Balaban J connectivity index is 3.89. The van der Waals surface area contributed by atoms with Gasteiger partial charge in [-0.3, -0.25) is 0 Å². The SMILES string of the molecule is CC(C)=C/C(C)=C/O. The molecule has 0 aromatic carbocycles. The van der Waals surface area contributed by atoms with E-state index in [2.05, 4.69) is 0 Å². The van der Waals surface area contributed by atoms with Crippen LogP contribution in [-0.2, 0) is 0 Å². The van der Waals surface area contributed by atoms with Crippen molar-refractivity contribution in [3.05, 3.63) is 23.5 Å². The van der Waals surface area contributed by atoms with E-state index >= 15 is 0 Å². The van der Waals surface area contributed by atoms with Crippen molar-refractivity contribution in [1.82, 2.24) is 0 Å². The van der Waals surface area contributed by atoms with Crippen LogP contribution < -0.4 is 0 Å². The second-order valence-electron chi connectivity index (χ2n) is 2.09. The van der Waals surface area contributed by atoms with Gasteiger partial charge in [-0.05, 0) is 26.3 Å². The lowest BCUT2D eigenvalue weighted by Crippen LogP contribution is -1.69. The van der Waals surface area contributed by atoms with Crippen molar-refractivity contribution in [2.75, 3.05) is 0 Å². The average molecular weight is 112 g/mol. The Hall–Kier alpha value is -0.720. The van der Waals surface area contributed by atoms with Gasteiger partial charge in [0.1, 0.15) is 0 Å². The lowest BCUT2D eigenvalue weighted by atomic mass is 10.2. The normalized spacial score (nSPS) is 11.1. The maximum absolute atomic E-state index is 8.38. The zero-order chi connectivity index (χ0) is 6.57. The molecule has 8 heavy (non-hydrogen) atoms. The summed E-state index contributed by atoms with van der Waals surface area (Å²) >= 11 is 0. The van der Waals surface area contributed by atoms with Crippen molar-refractivity contribution in [3.8, 4) is 0 Å². The number of aliphatic hydroxyl groups excluding tert-OH is 1. The van der Waals surface area contributed by atoms with E-state index in [0.717, 1.165) is 11.8 Å². The molecule has 0 aromatic rings. The highest BCUT2D eigenvalue weighted by molar-refractivity contribution is 5.16. The number of rotatable bonds is 1.